The van der Waals surface area contributed by atoms with Crippen LogP contribution >= 0.6 is 15.9 Å². The standard InChI is InChI=1S/C14H22BrN/c1-4-5-10(2)9-14(16)12-7-6-11(3)8-13(12)15/h6-8,10,14H,4-5,9,16H2,1-3H3. The third-order valence-electron chi connectivity index (χ3n) is 2.99. The highest BCUT2D eigenvalue weighted by atomic mass is 79.9. The molecule has 0 heterocycles. The maximum Gasteiger partial charge on any atom is 0.0308 e. The first-order chi connectivity index (χ1) is 7.54. The zero-order valence-corrected chi connectivity index (χ0v) is 12.0. The number of benzene rings is 1. The van der Waals surface area contributed by atoms with E-state index in [1.165, 1.54) is 24.0 Å². The van der Waals surface area contributed by atoms with Crippen molar-refractivity contribution in [3.8, 4) is 0 Å². The first kappa shape index (κ1) is 13.7. The zero-order chi connectivity index (χ0) is 12.1. The highest BCUT2D eigenvalue weighted by molar-refractivity contribution is 9.10. The van der Waals surface area contributed by atoms with Crippen LogP contribution in [0.3, 0.4) is 0 Å². The highest BCUT2D eigenvalue weighted by Crippen LogP contribution is 2.28. The van der Waals surface area contributed by atoms with Gasteiger partial charge >= 0.3 is 0 Å². The second-order valence-electron chi connectivity index (χ2n) is 4.76. The molecule has 0 fully saturated rings. The van der Waals surface area contributed by atoms with Crippen LogP contribution in [0.15, 0.2) is 22.7 Å². The van der Waals surface area contributed by atoms with Gasteiger partial charge in [-0.25, -0.2) is 0 Å². The molecule has 0 aliphatic rings. The van der Waals surface area contributed by atoms with Crippen LogP contribution in [0.4, 0.5) is 0 Å². The Morgan fingerprint density at radius 3 is 2.62 bits per heavy atom. The second-order valence-corrected chi connectivity index (χ2v) is 5.62. The molecule has 1 aromatic rings. The molecular formula is C14H22BrN. The maximum absolute atomic E-state index is 6.25. The molecule has 0 spiro atoms. The molecule has 1 nitrogen and oxygen atoms in total. The van der Waals surface area contributed by atoms with Crippen LogP contribution in [-0.4, -0.2) is 0 Å². The second kappa shape index (κ2) is 6.41. The molecule has 0 aromatic heterocycles. The van der Waals surface area contributed by atoms with E-state index in [2.05, 4.69) is 54.9 Å². The Morgan fingerprint density at radius 2 is 2.06 bits per heavy atom. The molecule has 1 aromatic carbocycles. The van der Waals surface area contributed by atoms with E-state index in [0.717, 1.165) is 10.9 Å². The molecule has 0 radical (unpaired) electrons. The Labute approximate surface area is 108 Å². The Morgan fingerprint density at radius 1 is 1.38 bits per heavy atom. The van der Waals surface area contributed by atoms with E-state index in [0.29, 0.717) is 5.92 Å². The van der Waals surface area contributed by atoms with E-state index in [9.17, 15) is 0 Å². The normalized spacial score (nSPS) is 14.8. The summed E-state index contributed by atoms with van der Waals surface area (Å²) in [5.74, 6) is 0.702. The van der Waals surface area contributed by atoms with Crippen LogP contribution in [0, 0.1) is 12.8 Å². The van der Waals surface area contributed by atoms with Gasteiger partial charge in [-0.1, -0.05) is 54.8 Å². The lowest BCUT2D eigenvalue weighted by Gasteiger charge is -2.18. The monoisotopic (exact) mass is 283 g/mol. The Bertz CT molecular complexity index is 336. The van der Waals surface area contributed by atoms with Crippen molar-refractivity contribution < 1.29 is 0 Å². The van der Waals surface area contributed by atoms with Crippen molar-refractivity contribution in [1.82, 2.24) is 0 Å². The van der Waals surface area contributed by atoms with Gasteiger partial charge in [0.25, 0.3) is 0 Å². The van der Waals surface area contributed by atoms with Crippen molar-refractivity contribution in [3.63, 3.8) is 0 Å². The van der Waals surface area contributed by atoms with Crippen molar-refractivity contribution in [2.45, 2.75) is 46.1 Å². The van der Waals surface area contributed by atoms with Gasteiger partial charge in [-0.3, -0.25) is 0 Å². The van der Waals surface area contributed by atoms with Gasteiger partial charge in [-0.2, -0.15) is 0 Å². The molecule has 0 aliphatic carbocycles. The smallest absolute Gasteiger partial charge is 0.0308 e. The molecule has 0 bridgehead atoms. The van der Waals surface area contributed by atoms with Gasteiger partial charge in [0.1, 0.15) is 0 Å². The minimum Gasteiger partial charge on any atom is -0.324 e. The molecule has 1 rings (SSSR count). The van der Waals surface area contributed by atoms with Gasteiger partial charge in [-0.15, -0.1) is 0 Å². The van der Waals surface area contributed by atoms with Gasteiger partial charge in [0.15, 0.2) is 0 Å². The average molecular weight is 284 g/mol. The summed E-state index contributed by atoms with van der Waals surface area (Å²) in [5, 5.41) is 0. The van der Waals surface area contributed by atoms with Crippen molar-refractivity contribution in [1.29, 1.82) is 0 Å². The number of rotatable bonds is 5. The first-order valence-corrected chi connectivity index (χ1v) is 6.85. The lowest BCUT2D eigenvalue weighted by Crippen LogP contribution is -2.14. The van der Waals surface area contributed by atoms with E-state index in [1.54, 1.807) is 0 Å². The minimum atomic E-state index is 0.150. The van der Waals surface area contributed by atoms with Crippen molar-refractivity contribution in [2.75, 3.05) is 0 Å². The fraction of sp³-hybridized carbons (Fsp3) is 0.571. The first-order valence-electron chi connectivity index (χ1n) is 6.06. The van der Waals surface area contributed by atoms with Crippen LogP contribution < -0.4 is 5.73 Å². The predicted molar refractivity (Wildman–Crippen MR) is 74.5 cm³/mol. The summed E-state index contributed by atoms with van der Waals surface area (Å²) in [4.78, 5) is 0. The summed E-state index contributed by atoms with van der Waals surface area (Å²) in [6.07, 6.45) is 3.57. The minimum absolute atomic E-state index is 0.150. The molecule has 0 amide bonds. The average Bonchev–Trinajstić information content (AvgIpc) is 2.17. The molecule has 90 valence electrons. The summed E-state index contributed by atoms with van der Waals surface area (Å²) >= 11 is 3.60. The molecular weight excluding hydrogens is 262 g/mol. The van der Waals surface area contributed by atoms with Crippen molar-refractivity contribution in [3.05, 3.63) is 33.8 Å². The topological polar surface area (TPSA) is 26.0 Å². The molecule has 0 aliphatic heterocycles. The van der Waals surface area contributed by atoms with Gasteiger partial charge in [-0.05, 0) is 36.5 Å². The Hall–Kier alpha value is -0.340. The highest BCUT2D eigenvalue weighted by Gasteiger charge is 2.13. The molecule has 2 unspecified atom stereocenters. The molecule has 0 saturated heterocycles. The molecule has 2 heteroatoms. The number of hydrogen-bond acceptors (Lipinski definition) is 1. The number of halogens is 1. The summed E-state index contributed by atoms with van der Waals surface area (Å²) in [6.45, 7) is 6.61. The summed E-state index contributed by atoms with van der Waals surface area (Å²) in [7, 11) is 0. The quantitative estimate of drug-likeness (QED) is 0.841. The van der Waals surface area contributed by atoms with E-state index in [1.807, 2.05) is 0 Å². The number of nitrogens with two attached hydrogens (primary N) is 1. The fourth-order valence-corrected chi connectivity index (χ4v) is 2.89. The lowest BCUT2D eigenvalue weighted by atomic mass is 9.93. The summed E-state index contributed by atoms with van der Waals surface area (Å²) in [6, 6.07) is 6.56. The summed E-state index contributed by atoms with van der Waals surface area (Å²) < 4.78 is 1.14. The Balaban J connectivity index is 2.69. The van der Waals surface area contributed by atoms with Crippen LogP contribution in [-0.2, 0) is 0 Å². The lowest BCUT2D eigenvalue weighted by molar-refractivity contribution is 0.440. The number of hydrogen-bond donors (Lipinski definition) is 1. The van der Waals surface area contributed by atoms with Gasteiger partial charge < -0.3 is 5.73 Å². The fourth-order valence-electron chi connectivity index (χ4n) is 2.10. The van der Waals surface area contributed by atoms with E-state index < -0.39 is 0 Å². The van der Waals surface area contributed by atoms with E-state index in [-0.39, 0.29) is 6.04 Å². The van der Waals surface area contributed by atoms with Crippen molar-refractivity contribution >= 4 is 15.9 Å². The van der Waals surface area contributed by atoms with Crippen LogP contribution in [0.25, 0.3) is 0 Å². The van der Waals surface area contributed by atoms with Gasteiger partial charge in [0, 0.05) is 10.5 Å². The van der Waals surface area contributed by atoms with Crippen LogP contribution in [0.2, 0.25) is 0 Å². The van der Waals surface area contributed by atoms with Gasteiger partial charge in [0.2, 0.25) is 0 Å². The van der Waals surface area contributed by atoms with Gasteiger partial charge in [0.05, 0.1) is 0 Å². The Kier molecular flexibility index (Phi) is 5.50. The molecule has 0 saturated carbocycles. The van der Waals surface area contributed by atoms with Crippen molar-refractivity contribution in [2.24, 2.45) is 11.7 Å². The van der Waals surface area contributed by atoms with E-state index >= 15 is 0 Å². The summed E-state index contributed by atoms with van der Waals surface area (Å²) in [5.41, 5.74) is 8.75. The predicted octanol–water partition coefficient (Wildman–Crippen LogP) is 4.58. The molecule has 2 atom stereocenters. The van der Waals surface area contributed by atoms with Crippen LogP contribution in [0.5, 0.6) is 0 Å². The molecule has 16 heavy (non-hydrogen) atoms. The van der Waals surface area contributed by atoms with E-state index in [4.69, 9.17) is 5.73 Å². The molecule has 2 N–H and O–H groups in total. The zero-order valence-electron chi connectivity index (χ0n) is 10.5. The number of aryl methyl sites for hydroxylation is 1. The third-order valence-corrected chi connectivity index (χ3v) is 3.68. The SMILES string of the molecule is CCCC(C)CC(N)c1ccc(C)cc1Br. The maximum atomic E-state index is 6.25. The van der Waals surface area contributed by atoms with Crippen LogP contribution in [0.1, 0.15) is 50.3 Å². The largest absolute Gasteiger partial charge is 0.324 e. The third kappa shape index (κ3) is 3.91.